The fourth-order valence-corrected chi connectivity index (χ4v) is 3.21. The minimum atomic E-state index is -4.95. The first-order valence-corrected chi connectivity index (χ1v) is 8.11. The number of thiazole rings is 1. The third-order valence-corrected chi connectivity index (χ3v) is 4.75. The van der Waals surface area contributed by atoms with Gasteiger partial charge in [-0.25, -0.2) is 4.98 Å². The molecular formula is C17H13F3N2O2S. The highest BCUT2D eigenvalue weighted by Crippen LogP contribution is 2.38. The average Bonchev–Trinajstić information content (AvgIpc) is 3.03. The molecule has 1 unspecified atom stereocenters. The molecule has 0 radical (unpaired) electrons. The number of alkyl halides is 3. The molecule has 1 amide bonds. The number of nitrogens with zero attached hydrogens (tertiary/aromatic N) is 1. The maximum absolute atomic E-state index is 13.4. The van der Waals surface area contributed by atoms with Gasteiger partial charge in [-0.1, -0.05) is 42.5 Å². The fourth-order valence-electron chi connectivity index (χ4n) is 2.33. The largest absolute Gasteiger partial charge is 0.423 e. The number of amides is 1. The van der Waals surface area contributed by atoms with Gasteiger partial charge < -0.3 is 10.4 Å². The molecule has 0 spiro atoms. The number of aliphatic hydroxyl groups is 1. The number of halogens is 3. The first-order valence-electron chi connectivity index (χ1n) is 7.30. The van der Waals surface area contributed by atoms with Gasteiger partial charge in [0.15, 0.2) is 5.01 Å². The Hall–Kier alpha value is -2.45. The molecule has 3 aromatic rings. The van der Waals surface area contributed by atoms with Crippen LogP contribution in [0.25, 0.3) is 10.2 Å². The molecule has 0 aliphatic rings. The SMILES string of the molecule is O=C(NCC(O)(c1ccccc1)C(F)(F)F)c1nc2ccccc2s1. The lowest BCUT2D eigenvalue weighted by atomic mass is 9.93. The Balaban J connectivity index is 1.82. The van der Waals surface area contributed by atoms with E-state index in [9.17, 15) is 23.1 Å². The van der Waals surface area contributed by atoms with Crippen molar-refractivity contribution in [2.24, 2.45) is 0 Å². The maximum Gasteiger partial charge on any atom is 0.423 e. The summed E-state index contributed by atoms with van der Waals surface area (Å²) in [6.07, 6.45) is -4.95. The smallest absolute Gasteiger partial charge is 0.375 e. The van der Waals surface area contributed by atoms with E-state index in [1.165, 1.54) is 12.1 Å². The van der Waals surface area contributed by atoms with Gasteiger partial charge in [0.1, 0.15) is 0 Å². The summed E-state index contributed by atoms with van der Waals surface area (Å²) in [6, 6.07) is 13.7. The van der Waals surface area contributed by atoms with Gasteiger partial charge in [-0.05, 0) is 17.7 Å². The Bertz CT molecular complexity index is 863. The number of hydrogen-bond acceptors (Lipinski definition) is 4. The van der Waals surface area contributed by atoms with Crippen LogP contribution in [0.3, 0.4) is 0 Å². The second-order valence-corrected chi connectivity index (χ2v) is 6.42. The van der Waals surface area contributed by atoms with Crippen LogP contribution in [0.2, 0.25) is 0 Å². The number of carbonyl (C=O) groups is 1. The number of benzene rings is 2. The number of fused-ring (bicyclic) bond motifs is 1. The molecule has 0 aliphatic carbocycles. The second kappa shape index (κ2) is 6.45. The molecule has 1 atom stereocenters. The predicted molar refractivity (Wildman–Crippen MR) is 88.3 cm³/mol. The Morgan fingerprint density at radius 1 is 1.08 bits per heavy atom. The van der Waals surface area contributed by atoms with Gasteiger partial charge >= 0.3 is 6.18 Å². The number of nitrogens with one attached hydrogen (secondary N) is 1. The molecule has 4 nitrogen and oxygen atoms in total. The third kappa shape index (κ3) is 3.35. The minimum Gasteiger partial charge on any atom is -0.375 e. The number of aromatic nitrogens is 1. The third-order valence-electron chi connectivity index (χ3n) is 3.71. The van der Waals surface area contributed by atoms with E-state index in [2.05, 4.69) is 10.3 Å². The molecule has 3 rings (SSSR count). The molecular weight excluding hydrogens is 353 g/mol. The van der Waals surface area contributed by atoms with Gasteiger partial charge in [-0.15, -0.1) is 11.3 Å². The first-order chi connectivity index (χ1) is 11.8. The minimum absolute atomic E-state index is 0.0405. The van der Waals surface area contributed by atoms with Gasteiger partial charge in [0, 0.05) is 0 Å². The Kier molecular flexibility index (Phi) is 4.49. The van der Waals surface area contributed by atoms with Crippen molar-refractivity contribution in [3.63, 3.8) is 0 Å². The molecule has 8 heteroatoms. The van der Waals surface area contributed by atoms with Crippen LogP contribution >= 0.6 is 11.3 Å². The van der Waals surface area contributed by atoms with Crippen molar-refractivity contribution < 1.29 is 23.1 Å². The van der Waals surface area contributed by atoms with Crippen molar-refractivity contribution in [2.45, 2.75) is 11.8 Å². The zero-order chi connectivity index (χ0) is 18.1. The second-order valence-electron chi connectivity index (χ2n) is 5.39. The van der Waals surface area contributed by atoms with E-state index in [1.807, 2.05) is 0 Å². The predicted octanol–water partition coefficient (Wildman–Crippen LogP) is 3.48. The van der Waals surface area contributed by atoms with Crippen molar-refractivity contribution in [3.05, 3.63) is 65.2 Å². The standard InChI is InChI=1S/C17H13F3N2O2S/c18-17(19,20)16(24,11-6-2-1-3-7-11)10-21-14(23)15-22-12-8-4-5-9-13(12)25-15/h1-9,24H,10H2,(H,21,23). The van der Waals surface area contributed by atoms with Crippen molar-refractivity contribution in [1.82, 2.24) is 10.3 Å². The monoisotopic (exact) mass is 366 g/mol. The van der Waals surface area contributed by atoms with Crippen LogP contribution in [0.15, 0.2) is 54.6 Å². The van der Waals surface area contributed by atoms with E-state index in [0.29, 0.717) is 5.52 Å². The topological polar surface area (TPSA) is 62.2 Å². The molecule has 0 saturated carbocycles. The number of para-hydroxylation sites is 1. The first kappa shape index (κ1) is 17.4. The van der Waals surface area contributed by atoms with E-state index >= 15 is 0 Å². The lowest BCUT2D eigenvalue weighted by Gasteiger charge is -2.31. The summed E-state index contributed by atoms with van der Waals surface area (Å²) < 4.78 is 40.9. The Morgan fingerprint density at radius 2 is 1.72 bits per heavy atom. The van der Waals surface area contributed by atoms with Crippen molar-refractivity contribution >= 4 is 27.5 Å². The highest BCUT2D eigenvalue weighted by atomic mass is 32.1. The molecule has 130 valence electrons. The highest BCUT2D eigenvalue weighted by molar-refractivity contribution is 7.20. The summed E-state index contributed by atoms with van der Waals surface area (Å²) in [5.41, 5.74) is -2.93. The molecule has 2 N–H and O–H groups in total. The molecule has 0 saturated heterocycles. The molecule has 2 aromatic carbocycles. The summed E-state index contributed by atoms with van der Waals surface area (Å²) in [7, 11) is 0. The van der Waals surface area contributed by atoms with Gasteiger partial charge in [0.25, 0.3) is 5.91 Å². The van der Waals surface area contributed by atoms with Crippen LogP contribution < -0.4 is 5.32 Å². The number of hydrogen-bond donors (Lipinski definition) is 2. The zero-order valence-corrected chi connectivity index (χ0v) is 13.6. The van der Waals surface area contributed by atoms with Crippen molar-refractivity contribution in [2.75, 3.05) is 6.54 Å². The quantitative estimate of drug-likeness (QED) is 0.743. The zero-order valence-electron chi connectivity index (χ0n) is 12.7. The lowest BCUT2D eigenvalue weighted by Crippen LogP contribution is -2.51. The van der Waals surface area contributed by atoms with Crippen LogP contribution in [0.5, 0.6) is 0 Å². The average molecular weight is 366 g/mol. The summed E-state index contributed by atoms with van der Waals surface area (Å²) >= 11 is 1.07. The molecule has 0 aliphatic heterocycles. The van der Waals surface area contributed by atoms with E-state index in [4.69, 9.17) is 0 Å². The molecule has 0 bridgehead atoms. The summed E-state index contributed by atoms with van der Waals surface area (Å²) in [6.45, 7) is -1.00. The normalized spacial score (nSPS) is 14.2. The van der Waals surface area contributed by atoms with Crippen LogP contribution in [0, 0.1) is 0 Å². The molecule has 25 heavy (non-hydrogen) atoms. The summed E-state index contributed by atoms with van der Waals surface area (Å²) in [5.74, 6) is -0.764. The van der Waals surface area contributed by atoms with Crippen molar-refractivity contribution in [1.29, 1.82) is 0 Å². The van der Waals surface area contributed by atoms with Crippen LogP contribution in [0.4, 0.5) is 13.2 Å². The lowest BCUT2D eigenvalue weighted by molar-refractivity contribution is -0.263. The molecule has 1 heterocycles. The van der Waals surface area contributed by atoms with E-state index in [-0.39, 0.29) is 10.6 Å². The van der Waals surface area contributed by atoms with E-state index < -0.39 is 24.2 Å². The number of carbonyl (C=O) groups excluding carboxylic acids is 1. The summed E-state index contributed by atoms with van der Waals surface area (Å²) in [5, 5.41) is 12.4. The maximum atomic E-state index is 13.4. The summed E-state index contributed by atoms with van der Waals surface area (Å²) in [4.78, 5) is 16.3. The van der Waals surface area contributed by atoms with Gasteiger partial charge in [-0.2, -0.15) is 13.2 Å². The Morgan fingerprint density at radius 3 is 2.36 bits per heavy atom. The highest BCUT2D eigenvalue weighted by Gasteiger charge is 2.55. The van der Waals surface area contributed by atoms with E-state index in [0.717, 1.165) is 28.2 Å². The van der Waals surface area contributed by atoms with Crippen molar-refractivity contribution in [3.8, 4) is 0 Å². The number of rotatable bonds is 4. The Labute approximate surface area is 144 Å². The fraction of sp³-hybridized carbons (Fsp3) is 0.176. The van der Waals surface area contributed by atoms with Gasteiger partial charge in [0.05, 0.1) is 16.8 Å². The molecule has 1 aromatic heterocycles. The van der Waals surface area contributed by atoms with Crippen LogP contribution in [0.1, 0.15) is 15.4 Å². The van der Waals surface area contributed by atoms with Crippen LogP contribution in [-0.2, 0) is 5.60 Å². The van der Waals surface area contributed by atoms with Gasteiger partial charge in [0.2, 0.25) is 5.60 Å². The van der Waals surface area contributed by atoms with Crippen LogP contribution in [-0.4, -0.2) is 28.7 Å². The molecule has 0 fully saturated rings. The van der Waals surface area contributed by atoms with Gasteiger partial charge in [-0.3, -0.25) is 4.79 Å². The van der Waals surface area contributed by atoms with E-state index in [1.54, 1.807) is 30.3 Å².